The molecule has 0 bridgehead atoms. The summed E-state index contributed by atoms with van der Waals surface area (Å²) < 4.78 is 10.4. The molecule has 5 heteroatoms. The molecule has 0 aliphatic rings. The van der Waals surface area contributed by atoms with Crippen LogP contribution in [0.15, 0.2) is 30.3 Å². The Morgan fingerprint density at radius 3 is 2.26 bits per heavy atom. The minimum atomic E-state index is -0.837. The lowest BCUT2D eigenvalue weighted by molar-refractivity contribution is -0.160. The van der Waals surface area contributed by atoms with Gasteiger partial charge in [0.2, 0.25) is 0 Å². The van der Waals surface area contributed by atoms with Crippen molar-refractivity contribution in [1.29, 1.82) is 0 Å². The van der Waals surface area contributed by atoms with E-state index in [1.807, 2.05) is 51.1 Å². The Labute approximate surface area is 138 Å². The van der Waals surface area contributed by atoms with E-state index in [4.69, 9.17) is 15.2 Å². The van der Waals surface area contributed by atoms with E-state index in [9.17, 15) is 9.59 Å². The van der Waals surface area contributed by atoms with Gasteiger partial charge in [-0.15, -0.1) is 0 Å². The summed E-state index contributed by atoms with van der Waals surface area (Å²) in [5.74, 6) is -1.33. The Morgan fingerprint density at radius 1 is 1.13 bits per heavy atom. The average Bonchev–Trinajstić information content (AvgIpc) is 2.46. The molecular weight excluding hydrogens is 294 g/mol. The Balaban J connectivity index is 2.83. The molecule has 0 aromatic heterocycles. The van der Waals surface area contributed by atoms with Gasteiger partial charge in [-0.2, -0.15) is 0 Å². The molecule has 0 fully saturated rings. The van der Waals surface area contributed by atoms with Crippen LogP contribution in [-0.4, -0.2) is 30.2 Å². The number of hydrogen-bond acceptors (Lipinski definition) is 5. The van der Waals surface area contributed by atoms with E-state index >= 15 is 0 Å². The van der Waals surface area contributed by atoms with E-state index in [-0.39, 0.29) is 19.0 Å². The molecule has 2 atom stereocenters. The summed E-state index contributed by atoms with van der Waals surface area (Å²) in [6.45, 7) is 7.43. The first-order chi connectivity index (χ1) is 10.7. The van der Waals surface area contributed by atoms with Gasteiger partial charge >= 0.3 is 11.9 Å². The molecule has 0 spiro atoms. The maximum atomic E-state index is 12.4. The van der Waals surface area contributed by atoms with Crippen LogP contribution in [0.25, 0.3) is 0 Å². The number of hydrogen-bond donors (Lipinski definition) is 1. The van der Waals surface area contributed by atoms with Crippen LogP contribution in [0, 0.1) is 5.92 Å². The number of nitrogens with two attached hydrogens (primary N) is 1. The van der Waals surface area contributed by atoms with Gasteiger partial charge < -0.3 is 15.2 Å². The summed E-state index contributed by atoms with van der Waals surface area (Å²) in [6.07, 6.45) is 0.672. The number of esters is 2. The van der Waals surface area contributed by atoms with E-state index < -0.39 is 23.5 Å². The molecule has 1 rings (SSSR count). The van der Waals surface area contributed by atoms with Crippen LogP contribution < -0.4 is 5.73 Å². The van der Waals surface area contributed by atoms with Gasteiger partial charge in [0, 0.05) is 0 Å². The molecule has 5 nitrogen and oxygen atoms in total. The Kier molecular flexibility index (Phi) is 7.23. The van der Waals surface area contributed by atoms with Crippen LogP contribution in [0.5, 0.6) is 0 Å². The number of rotatable bonds is 7. The lowest BCUT2D eigenvalue weighted by Crippen LogP contribution is -2.38. The van der Waals surface area contributed by atoms with Crippen molar-refractivity contribution in [2.45, 2.75) is 52.2 Å². The van der Waals surface area contributed by atoms with Crippen molar-refractivity contribution in [3.8, 4) is 0 Å². The van der Waals surface area contributed by atoms with Crippen molar-refractivity contribution >= 4 is 11.9 Å². The normalized spacial score (nSPS) is 14.0. The highest BCUT2D eigenvalue weighted by atomic mass is 16.6. The standard InChI is InChI=1S/C18H27NO4/c1-5-22-17(21)15(19)12-14(16(20)23-18(2,3)4)11-13-9-7-6-8-10-13/h6-10,14-15H,5,11-12,19H2,1-4H3. The molecule has 1 aromatic carbocycles. The zero-order chi connectivity index (χ0) is 17.5. The number of carbonyl (C=O) groups excluding carboxylic acids is 2. The first kappa shape index (κ1) is 19.2. The molecule has 0 heterocycles. The van der Waals surface area contributed by atoms with Gasteiger partial charge in [0.15, 0.2) is 0 Å². The number of benzene rings is 1. The van der Waals surface area contributed by atoms with Crippen LogP contribution in [0.3, 0.4) is 0 Å². The fourth-order valence-corrected chi connectivity index (χ4v) is 2.20. The molecule has 128 valence electrons. The molecule has 0 aliphatic heterocycles. The third kappa shape index (κ3) is 7.28. The van der Waals surface area contributed by atoms with Crippen molar-refractivity contribution in [3.63, 3.8) is 0 Å². The van der Waals surface area contributed by atoms with Gasteiger partial charge in [-0.1, -0.05) is 30.3 Å². The second-order valence-corrected chi connectivity index (χ2v) is 6.51. The Hall–Kier alpha value is -1.88. The van der Waals surface area contributed by atoms with Gasteiger partial charge in [0.1, 0.15) is 11.6 Å². The summed E-state index contributed by atoms with van der Waals surface area (Å²) in [5, 5.41) is 0. The summed E-state index contributed by atoms with van der Waals surface area (Å²) in [5.41, 5.74) is 6.29. The maximum Gasteiger partial charge on any atom is 0.322 e. The SMILES string of the molecule is CCOC(=O)C(N)CC(Cc1ccccc1)C(=O)OC(C)(C)C. The highest BCUT2D eigenvalue weighted by molar-refractivity contribution is 5.78. The highest BCUT2D eigenvalue weighted by Crippen LogP contribution is 2.19. The van der Waals surface area contributed by atoms with Crippen LogP contribution in [0.4, 0.5) is 0 Å². The van der Waals surface area contributed by atoms with Gasteiger partial charge in [0.25, 0.3) is 0 Å². The zero-order valence-electron chi connectivity index (χ0n) is 14.4. The van der Waals surface area contributed by atoms with E-state index in [1.165, 1.54) is 0 Å². The van der Waals surface area contributed by atoms with E-state index in [2.05, 4.69) is 0 Å². The molecule has 0 radical (unpaired) electrons. The van der Waals surface area contributed by atoms with Gasteiger partial charge in [0.05, 0.1) is 12.5 Å². The Morgan fingerprint density at radius 2 is 1.74 bits per heavy atom. The predicted octanol–water partition coefficient (Wildman–Crippen LogP) is 2.47. The first-order valence-electron chi connectivity index (χ1n) is 7.92. The third-order valence-electron chi connectivity index (χ3n) is 3.19. The van der Waals surface area contributed by atoms with Crippen LogP contribution in [0.1, 0.15) is 39.7 Å². The lowest BCUT2D eigenvalue weighted by Gasteiger charge is -2.25. The summed E-state index contributed by atoms with van der Waals surface area (Å²) >= 11 is 0. The molecule has 0 amide bonds. The Bertz CT molecular complexity index is 508. The summed E-state index contributed by atoms with van der Waals surface area (Å²) in [7, 11) is 0. The predicted molar refractivity (Wildman–Crippen MR) is 88.7 cm³/mol. The molecule has 0 aliphatic carbocycles. The van der Waals surface area contributed by atoms with Crippen LogP contribution in [-0.2, 0) is 25.5 Å². The van der Waals surface area contributed by atoms with Crippen molar-refractivity contribution < 1.29 is 19.1 Å². The van der Waals surface area contributed by atoms with Gasteiger partial charge in [-0.05, 0) is 46.1 Å². The van der Waals surface area contributed by atoms with Crippen LogP contribution >= 0.6 is 0 Å². The van der Waals surface area contributed by atoms with Crippen LogP contribution in [0.2, 0.25) is 0 Å². The van der Waals surface area contributed by atoms with E-state index in [0.717, 1.165) is 5.56 Å². The maximum absolute atomic E-state index is 12.4. The largest absolute Gasteiger partial charge is 0.465 e. The van der Waals surface area contributed by atoms with Gasteiger partial charge in [-0.25, -0.2) is 0 Å². The fourth-order valence-electron chi connectivity index (χ4n) is 2.20. The quantitative estimate of drug-likeness (QED) is 0.781. The van der Waals surface area contributed by atoms with Crippen molar-refractivity contribution in [2.75, 3.05) is 6.61 Å². The zero-order valence-corrected chi connectivity index (χ0v) is 14.4. The second kappa shape index (κ2) is 8.67. The van der Waals surface area contributed by atoms with Gasteiger partial charge in [-0.3, -0.25) is 9.59 Å². The second-order valence-electron chi connectivity index (χ2n) is 6.51. The fraction of sp³-hybridized carbons (Fsp3) is 0.556. The number of carbonyl (C=O) groups is 2. The molecule has 0 saturated heterocycles. The summed E-state index contributed by atoms with van der Waals surface area (Å²) in [6, 6.07) is 8.77. The molecule has 2 N–H and O–H groups in total. The molecule has 2 unspecified atom stereocenters. The number of ether oxygens (including phenoxy) is 2. The average molecular weight is 321 g/mol. The molecule has 0 saturated carbocycles. The van der Waals surface area contributed by atoms with Crippen molar-refractivity contribution in [2.24, 2.45) is 11.7 Å². The monoisotopic (exact) mass is 321 g/mol. The van der Waals surface area contributed by atoms with E-state index in [1.54, 1.807) is 6.92 Å². The highest BCUT2D eigenvalue weighted by Gasteiger charge is 2.29. The smallest absolute Gasteiger partial charge is 0.322 e. The summed E-state index contributed by atoms with van der Waals surface area (Å²) in [4.78, 5) is 24.2. The van der Waals surface area contributed by atoms with Crippen molar-refractivity contribution in [1.82, 2.24) is 0 Å². The first-order valence-corrected chi connectivity index (χ1v) is 7.92. The minimum Gasteiger partial charge on any atom is -0.465 e. The third-order valence-corrected chi connectivity index (χ3v) is 3.19. The molecular formula is C18H27NO4. The topological polar surface area (TPSA) is 78.6 Å². The minimum absolute atomic E-state index is 0.197. The molecule has 23 heavy (non-hydrogen) atoms. The molecule has 1 aromatic rings. The van der Waals surface area contributed by atoms with E-state index in [0.29, 0.717) is 6.42 Å². The van der Waals surface area contributed by atoms with Crippen molar-refractivity contribution in [3.05, 3.63) is 35.9 Å². The lowest BCUT2D eigenvalue weighted by atomic mass is 9.92.